The molecule has 36 heavy (non-hydrogen) atoms. The molecule has 4 aromatic heterocycles. The molecule has 0 aliphatic rings. The van der Waals surface area contributed by atoms with Crippen molar-refractivity contribution in [1.82, 2.24) is 19.9 Å². The molecule has 2 atom stereocenters. The summed E-state index contributed by atoms with van der Waals surface area (Å²) >= 11 is 0. The van der Waals surface area contributed by atoms with Crippen molar-refractivity contribution in [1.29, 1.82) is 0 Å². The maximum Gasteiger partial charge on any atom is 0.126 e. The van der Waals surface area contributed by atoms with Gasteiger partial charge in [-0.1, -0.05) is 39.8 Å². The molecule has 188 valence electrons. The van der Waals surface area contributed by atoms with E-state index in [-0.39, 0.29) is 12.1 Å². The van der Waals surface area contributed by atoms with Crippen molar-refractivity contribution in [2.45, 2.75) is 53.6 Å². The molecule has 6 heteroatoms. The topological polar surface area (TPSA) is 75.6 Å². The molecule has 0 amide bonds. The van der Waals surface area contributed by atoms with E-state index in [1.54, 1.807) is 6.20 Å². The van der Waals surface area contributed by atoms with Crippen molar-refractivity contribution in [2.24, 2.45) is 11.8 Å². The van der Waals surface area contributed by atoms with E-state index in [1.165, 1.54) is 16.7 Å². The standard InChI is InChI=1S/2C15H19N3/c1-11(2)15(13-5-4-7-16-10-13)18-14-9-12(3)6-8-17-14;1-11(2)15(13-7-9-16-10-8-13)18-14-6-4-5-12(3)17-14/h2*4-11,15H,1-3H3,(H,17,18). The Balaban J connectivity index is 0.000000201. The Bertz CT molecular complexity index is 1080. The highest BCUT2D eigenvalue weighted by Gasteiger charge is 2.17. The molecule has 0 saturated carbocycles. The van der Waals surface area contributed by atoms with Gasteiger partial charge in [0, 0.05) is 36.7 Å². The zero-order valence-electron chi connectivity index (χ0n) is 22.2. The molecule has 0 spiro atoms. The van der Waals surface area contributed by atoms with E-state index in [0.717, 1.165) is 17.3 Å². The van der Waals surface area contributed by atoms with Gasteiger partial charge in [-0.3, -0.25) is 9.97 Å². The van der Waals surface area contributed by atoms with Gasteiger partial charge in [0.15, 0.2) is 0 Å². The van der Waals surface area contributed by atoms with Gasteiger partial charge in [-0.05, 0) is 84.8 Å². The first kappa shape index (κ1) is 26.8. The van der Waals surface area contributed by atoms with Crippen molar-refractivity contribution in [3.63, 3.8) is 0 Å². The van der Waals surface area contributed by atoms with E-state index >= 15 is 0 Å². The lowest BCUT2D eigenvalue weighted by Gasteiger charge is -2.23. The quantitative estimate of drug-likeness (QED) is 0.277. The van der Waals surface area contributed by atoms with Crippen molar-refractivity contribution in [2.75, 3.05) is 10.6 Å². The van der Waals surface area contributed by atoms with Crippen LogP contribution in [0.5, 0.6) is 0 Å². The van der Waals surface area contributed by atoms with Gasteiger partial charge in [0.1, 0.15) is 11.6 Å². The molecule has 0 fully saturated rings. The summed E-state index contributed by atoms with van der Waals surface area (Å²) in [6.45, 7) is 12.9. The Morgan fingerprint density at radius 1 is 0.639 bits per heavy atom. The molecule has 0 aliphatic heterocycles. The first-order valence-corrected chi connectivity index (χ1v) is 12.5. The lowest BCUT2D eigenvalue weighted by molar-refractivity contribution is 0.543. The van der Waals surface area contributed by atoms with Gasteiger partial charge in [-0.25, -0.2) is 9.97 Å². The zero-order valence-corrected chi connectivity index (χ0v) is 22.2. The molecule has 4 heterocycles. The highest BCUT2D eigenvalue weighted by molar-refractivity contribution is 5.41. The summed E-state index contributed by atoms with van der Waals surface area (Å²) in [5, 5.41) is 6.98. The van der Waals surface area contributed by atoms with E-state index in [0.29, 0.717) is 11.8 Å². The van der Waals surface area contributed by atoms with Crippen LogP contribution in [-0.2, 0) is 0 Å². The minimum atomic E-state index is 0.230. The molecule has 0 radical (unpaired) electrons. The van der Waals surface area contributed by atoms with Crippen molar-refractivity contribution < 1.29 is 0 Å². The maximum absolute atomic E-state index is 4.49. The normalized spacial score (nSPS) is 12.4. The number of anilines is 2. The van der Waals surface area contributed by atoms with Crippen molar-refractivity contribution in [3.8, 4) is 0 Å². The number of aromatic nitrogens is 4. The van der Waals surface area contributed by atoms with E-state index in [2.05, 4.69) is 77.3 Å². The van der Waals surface area contributed by atoms with Crippen LogP contribution in [0.1, 0.15) is 62.2 Å². The van der Waals surface area contributed by atoms with Crippen LogP contribution >= 0.6 is 0 Å². The Hall–Kier alpha value is -3.80. The minimum absolute atomic E-state index is 0.230. The van der Waals surface area contributed by atoms with Gasteiger partial charge in [0.2, 0.25) is 0 Å². The Labute approximate surface area is 215 Å². The number of aryl methyl sites for hydroxylation is 2. The van der Waals surface area contributed by atoms with Gasteiger partial charge < -0.3 is 10.6 Å². The minimum Gasteiger partial charge on any atom is -0.363 e. The number of hydrogen-bond acceptors (Lipinski definition) is 6. The summed E-state index contributed by atoms with van der Waals surface area (Å²) in [6, 6.07) is 18.7. The van der Waals surface area contributed by atoms with E-state index in [4.69, 9.17) is 0 Å². The summed E-state index contributed by atoms with van der Waals surface area (Å²) in [5.74, 6) is 2.79. The van der Waals surface area contributed by atoms with Crippen LogP contribution in [0.4, 0.5) is 11.6 Å². The third-order valence-corrected chi connectivity index (χ3v) is 5.85. The third-order valence-electron chi connectivity index (χ3n) is 5.85. The van der Waals surface area contributed by atoms with Gasteiger partial charge in [0.05, 0.1) is 12.1 Å². The maximum atomic E-state index is 4.49. The zero-order chi connectivity index (χ0) is 25.9. The largest absolute Gasteiger partial charge is 0.363 e. The molecule has 0 saturated heterocycles. The van der Waals surface area contributed by atoms with Crippen LogP contribution in [0.25, 0.3) is 0 Å². The third kappa shape index (κ3) is 8.15. The Kier molecular flexibility index (Phi) is 9.92. The molecule has 0 bridgehead atoms. The van der Waals surface area contributed by atoms with Gasteiger partial charge in [-0.2, -0.15) is 0 Å². The van der Waals surface area contributed by atoms with Crippen molar-refractivity contribution in [3.05, 3.63) is 108 Å². The first-order valence-electron chi connectivity index (χ1n) is 12.5. The molecule has 0 aromatic carbocycles. The second-order valence-electron chi connectivity index (χ2n) is 9.68. The van der Waals surface area contributed by atoms with Crippen LogP contribution in [-0.4, -0.2) is 19.9 Å². The van der Waals surface area contributed by atoms with Gasteiger partial charge in [0.25, 0.3) is 0 Å². The predicted octanol–water partition coefficient (Wildman–Crippen LogP) is 7.19. The fourth-order valence-electron chi connectivity index (χ4n) is 3.96. The van der Waals surface area contributed by atoms with Crippen LogP contribution in [0.3, 0.4) is 0 Å². The predicted molar refractivity (Wildman–Crippen MR) is 149 cm³/mol. The Morgan fingerprint density at radius 3 is 1.94 bits per heavy atom. The summed E-state index contributed by atoms with van der Waals surface area (Å²) in [4.78, 5) is 17.1. The molecule has 4 aromatic rings. The smallest absolute Gasteiger partial charge is 0.126 e. The van der Waals surface area contributed by atoms with Crippen molar-refractivity contribution >= 4 is 11.6 Å². The fraction of sp³-hybridized carbons (Fsp3) is 0.333. The number of rotatable bonds is 8. The summed E-state index contributed by atoms with van der Waals surface area (Å²) in [7, 11) is 0. The lowest BCUT2D eigenvalue weighted by Crippen LogP contribution is -2.17. The summed E-state index contributed by atoms with van der Waals surface area (Å²) in [5.41, 5.74) is 4.66. The molecule has 4 rings (SSSR count). The van der Waals surface area contributed by atoms with Gasteiger partial charge in [-0.15, -0.1) is 0 Å². The van der Waals surface area contributed by atoms with Crippen LogP contribution in [0.2, 0.25) is 0 Å². The van der Waals surface area contributed by atoms with E-state index in [9.17, 15) is 0 Å². The molecule has 0 aliphatic carbocycles. The number of hydrogen-bond donors (Lipinski definition) is 2. The fourth-order valence-corrected chi connectivity index (χ4v) is 3.96. The SMILES string of the molecule is Cc1cccc(NC(c2ccncc2)C(C)C)n1.Cc1ccnc(NC(c2cccnc2)C(C)C)c1. The average Bonchev–Trinajstić information content (AvgIpc) is 2.87. The van der Waals surface area contributed by atoms with Gasteiger partial charge >= 0.3 is 0 Å². The lowest BCUT2D eigenvalue weighted by atomic mass is 9.97. The molecular formula is C30H38N6. The number of nitrogens with one attached hydrogen (secondary N) is 2. The second-order valence-corrected chi connectivity index (χ2v) is 9.68. The monoisotopic (exact) mass is 482 g/mol. The highest BCUT2D eigenvalue weighted by atomic mass is 15.0. The first-order chi connectivity index (χ1) is 17.3. The van der Waals surface area contributed by atoms with Crippen LogP contribution < -0.4 is 10.6 Å². The molecular weight excluding hydrogens is 444 g/mol. The average molecular weight is 483 g/mol. The number of nitrogens with zero attached hydrogens (tertiary/aromatic N) is 4. The molecule has 2 unspecified atom stereocenters. The van der Waals surface area contributed by atoms with E-state index in [1.807, 2.05) is 74.2 Å². The molecule has 2 N–H and O–H groups in total. The molecule has 6 nitrogen and oxygen atoms in total. The Morgan fingerprint density at radius 2 is 1.33 bits per heavy atom. The van der Waals surface area contributed by atoms with Crippen LogP contribution in [0.15, 0.2) is 85.6 Å². The van der Waals surface area contributed by atoms with Crippen LogP contribution in [0, 0.1) is 25.7 Å². The summed E-state index contributed by atoms with van der Waals surface area (Å²) in [6.07, 6.45) is 9.20. The van der Waals surface area contributed by atoms with E-state index < -0.39 is 0 Å². The highest BCUT2D eigenvalue weighted by Crippen LogP contribution is 2.26. The number of pyridine rings is 4. The summed E-state index contributed by atoms with van der Waals surface area (Å²) < 4.78 is 0. The second kappa shape index (κ2) is 13.3.